The molecule has 0 unspecified atom stereocenters. The summed E-state index contributed by atoms with van der Waals surface area (Å²) in [5, 5.41) is 2.53. The van der Waals surface area contributed by atoms with Crippen molar-refractivity contribution in [2.45, 2.75) is 25.7 Å². The predicted octanol–water partition coefficient (Wildman–Crippen LogP) is 6.59. The maximum absolute atomic E-state index is 12.9. The van der Waals surface area contributed by atoms with E-state index in [1.807, 2.05) is 68.5 Å². The molecule has 0 spiro atoms. The van der Waals surface area contributed by atoms with Crippen molar-refractivity contribution in [3.63, 3.8) is 0 Å². The lowest BCUT2D eigenvalue weighted by atomic mass is 10.2. The Kier molecular flexibility index (Phi) is 6.27. The number of rotatable bonds is 4. The normalized spacial score (nSPS) is 20.1. The first-order valence-electron chi connectivity index (χ1n) is 9.82. The summed E-state index contributed by atoms with van der Waals surface area (Å²) in [5.74, 6) is -0.00295. The fraction of sp³-hybridized carbons (Fsp3) is 0.217. The highest BCUT2D eigenvalue weighted by molar-refractivity contribution is 8.18. The summed E-state index contributed by atoms with van der Waals surface area (Å²) in [4.78, 5) is 23.4. The van der Waals surface area contributed by atoms with Gasteiger partial charge in [0.2, 0.25) is 0 Å². The molecule has 1 saturated heterocycles. The monoisotopic (exact) mass is 455 g/mol. The minimum Gasteiger partial charge on any atom is -0.335 e. The maximum atomic E-state index is 12.9. The molecule has 2 aromatic carbocycles. The van der Waals surface area contributed by atoms with Crippen LogP contribution in [0.25, 0.3) is 0 Å². The number of amidine groups is 1. The number of benzene rings is 2. The smallest absolute Gasteiger partial charge is 0.266 e. The van der Waals surface area contributed by atoms with E-state index in [4.69, 9.17) is 16.6 Å². The zero-order chi connectivity index (χ0) is 21.3. The quantitative estimate of drug-likeness (QED) is 0.487. The van der Waals surface area contributed by atoms with E-state index in [9.17, 15) is 4.79 Å². The third-order valence-electron chi connectivity index (χ3n) is 4.85. The van der Waals surface area contributed by atoms with E-state index in [0.29, 0.717) is 11.4 Å². The minimum absolute atomic E-state index is 0.00295. The Morgan fingerprint density at radius 3 is 2.43 bits per heavy atom. The molecular weight excluding hydrogens is 434 g/mol. The van der Waals surface area contributed by atoms with Crippen molar-refractivity contribution in [1.82, 2.24) is 4.90 Å². The Morgan fingerprint density at radius 2 is 1.73 bits per heavy atom. The second-order valence-corrected chi connectivity index (χ2v) is 9.38. The van der Waals surface area contributed by atoms with Crippen LogP contribution in [0.4, 0.5) is 11.4 Å². The van der Waals surface area contributed by atoms with Gasteiger partial charge in [0, 0.05) is 23.0 Å². The minimum atomic E-state index is -0.00295. The van der Waals surface area contributed by atoms with Crippen LogP contribution in [0.2, 0.25) is 5.02 Å². The number of thioether (sulfide) groups is 2. The number of hydrogen-bond acceptors (Lipinski definition) is 5. The molecule has 0 bridgehead atoms. The van der Waals surface area contributed by atoms with Crippen molar-refractivity contribution >= 4 is 57.6 Å². The number of aryl methyl sites for hydroxylation is 1. The molecule has 2 aliphatic heterocycles. The summed E-state index contributed by atoms with van der Waals surface area (Å²) in [7, 11) is 0. The fourth-order valence-electron chi connectivity index (χ4n) is 3.29. The molecule has 0 saturated carbocycles. The van der Waals surface area contributed by atoms with Gasteiger partial charge in [0.05, 0.1) is 21.3 Å². The van der Waals surface area contributed by atoms with Gasteiger partial charge in [-0.05, 0) is 75.0 Å². The van der Waals surface area contributed by atoms with Gasteiger partial charge in [0.15, 0.2) is 5.17 Å². The van der Waals surface area contributed by atoms with E-state index in [-0.39, 0.29) is 5.91 Å². The maximum Gasteiger partial charge on any atom is 0.266 e. The molecule has 30 heavy (non-hydrogen) atoms. The van der Waals surface area contributed by atoms with Crippen LogP contribution in [0, 0.1) is 6.92 Å². The summed E-state index contributed by atoms with van der Waals surface area (Å²) in [6, 6.07) is 13.9. The number of allylic oxidation sites excluding steroid dienone is 2. The second-order valence-electron chi connectivity index (χ2n) is 6.88. The number of halogens is 1. The van der Waals surface area contributed by atoms with E-state index in [2.05, 4.69) is 11.8 Å². The average molecular weight is 456 g/mol. The van der Waals surface area contributed by atoms with E-state index in [1.165, 1.54) is 22.2 Å². The molecular formula is C23H22ClN3OS2. The third-order valence-corrected chi connectivity index (χ3v) is 7.24. The Hall–Kier alpha value is -2.15. The highest BCUT2D eigenvalue weighted by Gasteiger charge is 2.32. The zero-order valence-electron chi connectivity index (χ0n) is 17.1. The number of nitrogens with zero attached hydrogens (tertiary/aromatic N) is 3. The number of hydrogen-bond donors (Lipinski definition) is 0. The lowest BCUT2D eigenvalue weighted by molar-refractivity contribution is -0.122. The van der Waals surface area contributed by atoms with Crippen molar-refractivity contribution in [2.24, 2.45) is 4.99 Å². The van der Waals surface area contributed by atoms with Crippen LogP contribution < -0.4 is 4.90 Å². The Bertz CT molecular complexity index is 1080. The first kappa shape index (κ1) is 21.1. The molecule has 0 radical (unpaired) electrons. The van der Waals surface area contributed by atoms with E-state index in [1.54, 1.807) is 16.7 Å². The van der Waals surface area contributed by atoms with Gasteiger partial charge in [-0.2, -0.15) is 0 Å². The zero-order valence-corrected chi connectivity index (χ0v) is 19.4. The predicted molar refractivity (Wildman–Crippen MR) is 130 cm³/mol. The van der Waals surface area contributed by atoms with Gasteiger partial charge in [0.1, 0.15) is 0 Å². The average Bonchev–Trinajstić information content (AvgIpc) is 3.23. The van der Waals surface area contributed by atoms with Gasteiger partial charge in [0.25, 0.3) is 5.91 Å². The summed E-state index contributed by atoms with van der Waals surface area (Å²) < 4.78 is 0. The number of carbonyl (C=O) groups excluding carboxylic acids is 1. The highest BCUT2D eigenvalue weighted by Crippen LogP contribution is 2.47. The SMILES string of the molecule is CCN1C(=O)/C(=C/C=C2/Sc3ccc(Cl)cc3N2CC)SC1=Nc1ccc(C)cc1. The standard InChI is InChI=1S/C23H22ClN3OS2/c1-4-26-18-14-16(24)8-11-19(18)29-21(26)13-12-20-22(28)27(5-2)23(30-20)25-17-9-6-15(3)7-10-17/h6-14H,4-5H2,1-3H3/b20-12-,21-13+,25-23?. The molecule has 2 aromatic rings. The summed E-state index contributed by atoms with van der Waals surface area (Å²) >= 11 is 9.30. The van der Waals surface area contributed by atoms with Crippen LogP contribution in [0.1, 0.15) is 19.4 Å². The van der Waals surface area contributed by atoms with Crippen LogP contribution in [0.3, 0.4) is 0 Å². The van der Waals surface area contributed by atoms with E-state index < -0.39 is 0 Å². The second kappa shape index (κ2) is 8.92. The molecule has 4 rings (SSSR count). The van der Waals surface area contributed by atoms with Crippen molar-refractivity contribution in [2.75, 3.05) is 18.0 Å². The Balaban J connectivity index is 1.61. The van der Waals surface area contributed by atoms with Crippen molar-refractivity contribution in [1.29, 1.82) is 0 Å². The molecule has 7 heteroatoms. The first-order chi connectivity index (χ1) is 14.5. The third kappa shape index (κ3) is 4.17. The van der Waals surface area contributed by atoms with Gasteiger partial charge in [-0.25, -0.2) is 4.99 Å². The van der Waals surface area contributed by atoms with Gasteiger partial charge >= 0.3 is 0 Å². The number of fused-ring (bicyclic) bond motifs is 1. The largest absolute Gasteiger partial charge is 0.335 e. The number of aliphatic imine (C=N–C) groups is 1. The van der Waals surface area contributed by atoms with Crippen molar-refractivity contribution in [3.05, 3.63) is 75.1 Å². The lowest BCUT2D eigenvalue weighted by Gasteiger charge is -2.17. The van der Waals surface area contributed by atoms with E-state index in [0.717, 1.165) is 33.1 Å². The number of anilines is 1. The van der Waals surface area contributed by atoms with Gasteiger partial charge in [-0.3, -0.25) is 9.69 Å². The van der Waals surface area contributed by atoms with Gasteiger partial charge < -0.3 is 4.90 Å². The van der Waals surface area contributed by atoms with Crippen LogP contribution in [0.5, 0.6) is 0 Å². The number of amides is 1. The lowest BCUT2D eigenvalue weighted by Crippen LogP contribution is -2.28. The van der Waals surface area contributed by atoms with Gasteiger partial charge in [-0.1, -0.05) is 41.1 Å². The number of likely N-dealkylation sites (N-methyl/N-ethyl adjacent to an activating group) is 1. The van der Waals surface area contributed by atoms with Crippen LogP contribution in [0.15, 0.2) is 74.4 Å². The molecule has 0 N–H and O–H groups in total. The molecule has 1 fully saturated rings. The first-order valence-corrected chi connectivity index (χ1v) is 11.8. The Labute approximate surface area is 190 Å². The van der Waals surface area contributed by atoms with Crippen molar-refractivity contribution < 1.29 is 4.79 Å². The summed E-state index contributed by atoms with van der Waals surface area (Å²) in [6.45, 7) is 7.54. The fourth-order valence-corrected chi connectivity index (χ4v) is 5.56. The van der Waals surface area contributed by atoms with Crippen molar-refractivity contribution in [3.8, 4) is 0 Å². The van der Waals surface area contributed by atoms with E-state index >= 15 is 0 Å². The molecule has 154 valence electrons. The van der Waals surface area contributed by atoms with Crippen LogP contribution in [-0.2, 0) is 4.79 Å². The summed E-state index contributed by atoms with van der Waals surface area (Å²) in [6.07, 6.45) is 3.93. The molecule has 4 nitrogen and oxygen atoms in total. The summed E-state index contributed by atoms with van der Waals surface area (Å²) in [5.41, 5.74) is 3.15. The number of carbonyl (C=O) groups is 1. The van der Waals surface area contributed by atoms with Gasteiger partial charge in [-0.15, -0.1) is 0 Å². The molecule has 0 atom stereocenters. The topological polar surface area (TPSA) is 35.9 Å². The molecule has 1 amide bonds. The highest BCUT2D eigenvalue weighted by atomic mass is 35.5. The molecule has 0 aromatic heterocycles. The Morgan fingerprint density at radius 1 is 1.00 bits per heavy atom. The van der Waals surface area contributed by atoms with Crippen LogP contribution >= 0.6 is 35.1 Å². The van der Waals surface area contributed by atoms with Crippen LogP contribution in [-0.4, -0.2) is 29.1 Å². The molecule has 2 heterocycles. The molecule has 2 aliphatic rings. The molecule has 0 aliphatic carbocycles.